The molecular formula is C18H17N3O2. The summed E-state index contributed by atoms with van der Waals surface area (Å²) in [6, 6.07) is 11.9. The van der Waals surface area contributed by atoms with Gasteiger partial charge in [0.25, 0.3) is 0 Å². The normalized spacial score (nSPS) is 10.5. The van der Waals surface area contributed by atoms with Crippen molar-refractivity contribution < 1.29 is 9.47 Å². The van der Waals surface area contributed by atoms with Crippen LogP contribution < -0.4 is 9.47 Å². The second kappa shape index (κ2) is 6.01. The van der Waals surface area contributed by atoms with Gasteiger partial charge in [-0.25, -0.2) is 4.98 Å². The van der Waals surface area contributed by atoms with Crippen molar-refractivity contribution in [3.63, 3.8) is 0 Å². The van der Waals surface area contributed by atoms with E-state index in [1.165, 1.54) is 0 Å². The fourth-order valence-corrected chi connectivity index (χ4v) is 2.63. The van der Waals surface area contributed by atoms with E-state index in [1.807, 2.05) is 47.9 Å². The lowest BCUT2D eigenvalue weighted by Gasteiger charge is -2.09. The second-order valence-corrected chi connectivity index (χ2v) is 5.32. The van der Waals surface area contributed by atoms with Crippen molar-refractivity contribution in [1.82, 2.24) is 9.38 Å². The molecule has 0 fully saturated rings. The third-order valence-electron chi connectivity index (χ3n) is 3.76. The van der Waals surface area contributed by atoms with E-state index >= 15 is 0 Å². The number of nitriles is 1. The maximum atomic E-state index is 9.50. The maximum Gasteiger partial charge on any atom is 0.160 e. The summed E-state index contributed by atoms with van der Waals surface area (Å²) in [5.41, 5.74) is 4.20. The van der Waals surface area contributed by atoms with E-state index in [9.17, 15) is 5.26 Å². The zero-order valence-corrected chi connectivity index (χ0v) is 13.3. The molecule has 2 aromatic heterocycles. The minimum atomic E-state index is 0.559. The number of pyridine rings is 1. The van der Waals surface area contributed by atoms with E-state index in [-0.39, 0.29) is 0 Å². The average Bonchev–Trinajstić information content (AvgIpc) is 2.90. The highest BCUT2D eigenvalue weighted by Crippen LogP contribution is 2.29. The number of nitrogens with zero attached hydrogens (tertiary/aromatic N) is 3. The summed E-state index contributed by atoms with van der Waals surface area (Å²) in [7, 11) is 3.21. The van der Waals surface area contributed by atoms with Gasteiger partial charge in [0, 0.05) is 12.6 Å². The van der Waals surface area contributed by atoms with E-state index in [2.05, 4.69) is 11.1 Å². The Morgan fingerprint density at radius 2 is 1.91 bits per heavy atom. The monoisotopic (exact) mass is 307 g/mol. The molecule has 0 N–H and O–H groups in total. The molecule has 0 atom stereocenters. The molecule has 5 heteroatoms. The Kier molecular flexibility index (Phi) is 3.90. The largest absolute Gasteiger partial charge is 0.493 e. The molecule has 0 spiro atoms. The van der Waals surface area contributed by atoms with Crippen LogP contribution in [-0.2, 0) is 6.42 Å². The van der Waals surface area contributed by atoms with Crippen molar-refractivity contribution in [3.05, 3.63) is 59.0 Å². The van der Waals surface area contributed by atoms with Crippen molar-refractivity contribution in [2.45, 2.75) is 13.3 Å². The van der Waals surface area contributed by atoms with E-state index in [0.29, 0.717) is 23.6 Å². The third kappa shape index (κ3) is 2.71. The van der Waals surface area contributed by atoms with Gasteiger partial charge in [0.15, 0.2) is 11.5 Å². The van der Waals surface area contributed by atoms with Crippen LogP contribution in [0.2, 0.25) is 0 Å². The van der Waals surface area contributed by atoms with Crippen LogP contribution >= 0.6 is 0 Å². The summed E-state index contributed by atoms with van der Waals surface area (Å²) in [6.07, 6.45) is 2.49. The predicted octanol–water partition coefficient (Wildman–Crippen LogP) is 3.12. The topological polar surface area (TPSA) is 59.5 Å². The average molecular weight is 307 g/mol. The summed E-state index contributed by atoms with van der Waals surface area (Å²) in [6.45, 7) is 1.99. The highest BCUT2D eigenvalue weighted by atomic mass is 16.5. The molecule has 3 rings (SSSR count). The smallest absolute Gasteiger partial charge is 0.160 e. The van der Waals surface area contributed by atoms with Gasteiger partial charge in [-0.3, -0.25) is 4.40 Å². The molecule has 0 amide bonds. The molecule has 2 heterocycles. The third-order valence-corrected chi connectivity index (χ3v) is 3.76. The second-order valence-electron chi connectivity index (χ2n) is 5.32. The molecule has 0 saturated carbocycles. The lowest BCUT2D eigenvalue weighted by Crippen LogP contribution is -1.96. The molecule has 23 heavy (non-hydrogen) atoms. The van der Waals surface area contributed by atoms with Crippen LogP contribution in [-0.4, -0.2) is 23.6 Å². The number of imidazole rings is 1. The van der Waals surface area contributed by atoms with Gasteiger partial charge >= 0.3 is 0 Å². The Bertz CT molecular complexity index is 907. The molecular weight excluding hydrogens is 290 g/mol. The molecule has 0 aliphatic rings. The first-order valence-corrected chi connectivity index (χ1v) is 7.25. The Morgan fingerprint density at radius 1 is 1.13 bits per heavy atom. The number of hydrogen-bond donors (Lipinski definition) is 0. The van der Waals surface area contributed by atoms with Gasteiger partial charge in [-0.05, 0) is 36.2 Å². The van der Waals surface area contributed by atoms with Crippen LogP contribution in [0, 0.1) is 18.3 Å². The van der Waals surface area contributed by atoms with Gasteiger partial charge in [-0.2, -0.15) is 5.26 Å². The molecule has 0 saturated heterocycles. The summed E-state index contributed by atoms with van der Waals surface area (Å²) in [5, 5.41) is 9.50. The number of benzene rings is 1. The lowest BCUT2D eigenvalue weighted by molar-refractivity contribution is 0.354. The predicted molar refractivity (Wildman–Crippen MR) is 87.0 cm³/mol. The lowest BCUT2D eigenvalue weighted by atomic mass is 10.1. The molecule has 5 nitrogen and oxygen atoms in total. The van der Waals surface area contributed by atoms with Crippen LogP contribution in [0.5, 0.6) is 11.5 Å². The van der Waals surface area contributed by atoms with Crippen LogP contribution in [0.15, 0.2) is 36.5 Å². The van der Waals surface area contributed by atoms with Gasteiger partial charge in [-0.1, -0.05) is 12.1 Å². The number of ether oxygens (including phenoxy) is 2. The fraction of sp³-hybridized carbons (Fsp3) is 0.222. The zero-order chi connectivity index (χ0) is 16.4. The molecule has 0 aliphatic carbocycles. The number of aryl methyl sites for hydroxylation is 1. The minimum absolute atomic E-state index is 0.559. The number of methoxy groups -OCH3 is 2. The van der Waals surface area contributed by atoms with Crippen LogP contribution in [0.4, 0.5) is 0 Å². The van der Waals surface area contributed by atoms with Gasteiger partial charge in [0.2, 0.25) is 0 Å². The maximum absolute atomic E-state index is 9.50. The molecule has 3 aromatic rings. The first-order valence-electron chi connectivity index (χ1n) is 7.25. The zero-order valence-electron chi connectivity index (χ0n) is 13.3. The van der Waals surface area contributed by atoms with Gasteiger partial charge < -0.3 is 9.47 Å². The molecule has 0 bridgehead atoms. The number of hydrogen-bond acceptors (Lipinski definition) is 4. The number of rotatable bonds is 4. The molecule has 1 aromatic carbocycles. The van der Waals surface area contributed by atoms with Crippen molar-refractivity contribution in [2.24, 2.45) is 0 Å². The molecule has 0 unspecified atom stereocenters. The van der Waals surface area contributed by atoms with E-state index in [4.69, 9.17) is 9.47 Å². The number of fused-ring (bicyclic) bond motifs is 1. The summed E-state index contributed by atoms with van der Waals surface area (Å²) < 4.78 is 12.4. The Balaban J connectivity index is 2.03. The fourth-order valence-electron chi connectivity index (χ4n) is 2.63. The Hall–Kier alpha value is -3.00. The molecule has 116 valence electrons. The minimum Gasteiger partial charge on any atom is -0.493 e. The van der Waals surface area contributed by atoms with Crippen molar-refractivity contribution in [1.29, 1.82) is 5.26 Å². The van der Waals surface area contributed by atoms with Crippen LogP contribution in [0.3, 0.4) is 0 Å². The SMILES string of the molecule is COc1ccc(Cc2nc3ccc(C)cn3c2C#N)cc1OC. The van der Waals surface area contributed by atoms with Crippen LogP contribution in [0.25, 0.3) is 5.65 Å². The van der Waals surface area contributed by atoms with E-state index in [1.54, 1.807) is 14.2 Å². The van der Waals surface area contributed by atoms with E-state index in [0.717, 1.165) is 22.5 Å². The Labute approximate surface area is 134 Å². The standard InChI is InChI=1S/C18H17N3O2/c1-12-4-7-18-20-14(15(10-19)21(18)11-12)8-13-5-6-16(22-2)17(9-13)23-3/h4-7,9,11H,8H2,1-3H3. The van der Waals surface area contributed by atoms with Gasteiger partial charge in [-0.15, -0.1) is 0 Å². The quantitative estimate of drug-likeness (QED) is 0.743. The Morgan fingerprint density at radius 3 is 2.61 bits per heavy atom. The molecule has 0 aliphatic heterocycles. The highest BCUT2D eigenvalue weighted by Gasteiger charge is 2.13. The highest BCUT2D eigenvalue weighted by molar-refractivity contribution is 5.50. The van der Waals surface area contributed by atoms with Crippen molar-refractivity contribution in [3.8, 4) is 17.6 Å². The van der Waals surface area contributed by atoms with E-state index < -0.39 is 0 Å². The summed E-state index contributed by atoms with van der Waals surface area (Å²) >= 11 is 0. The van der Waals surface area contributed by atoms with Crippen molar-refractivity contribution >= 4 is 5.65 Å². The van der Waals surface area contributed by atoms with Crippen LogP contribution in [0.1, 0.15) is 22.5 Å². The van der Waals surface area contributed by atoms with Crippen molar-refractivity contribution in [2.75, 3.05) is 14.2 Å². The van der Waals surface area contributed by atoms with Gasteiger partial charge in [0.1, 0.15) is 17.4 Å². The van der Waals surface area contributed by atoms with Gasteiger partial charge in [0.05, 0.1) is 19.9 Å². The first-order chi connectivity index (χ1) is 11.2. The first kappa shape index (κ1) is 14.9. The number of aromatic nitrogens is 2. The summed E-state index contributed by atoms with van der Waals surface area (Å²) in [5.74, 6) is 1.35. The summed E-state index contributed by atoms with van der Waals surface area (Å²) in [4.78, 5) is 4.59. The molecule has 0 radical (unpaired) electrons.